The second-order valence-electron chi connectivity index (χ2n) is 13.6. The topological polar surface area (TPSA) is 195 Å². The minimum atomic E-state index is -2.60. The average molecular weight is 647 g/mol. The highest BCUT2D eigenvalue weighted by molar-refractivity contribution is 5.89. The second kappa shape index (κ2) is 11.4. The maximum absolute atomic E-state index is 13.9. The van der Waals surface area contributed by atoms with Gasteiger partial charge in [-0.15, -0.1) is 0 Å². The van der Waals surface area contributed by atoms with E-state index in [0.717, 1.165) is 20.8 Å². The molecule has 0 amide bonds. The number of benzene rings is 1. The van der Waals surface area contributed by atoms with Crippen LogP contribution in [0.5, 0.6) is 0 Å². The summed E-state index contributed by atoms with van der Waals surface area (Å²) in [4.78, 5) is 51.5. The van der Waals surface area contributed by atoms with Crippen LogP contribution in [0.25, 0.3) is 0 Å². The Kier molecular flexibility index (Phi) is 8.43. The molecule has 252 valence electrons. The standard InChI is InChI=1S/C33H42O13/c1-15-22-24(44-17(3)35)26(38)31(7)20(37)13-21-32(14-42-21,46-18(4)36)25(31)28(45-29(40)19-11-9-8-10-12-19)33(41,30(22,5)6)27(39)23(15)43-16(2)34/h8-12,20-21,23-28,37-39,41H,13-14H2,1-7H3/t20-,21+,23+,24+,25-,26-,27-,28-,31+,32-,33+/m0/s1. The average Bonchev–Trinajstić information content (AvgIpc) is 2.97. The van der Waals surface area contributed by atoms with Gasteiger partial charge in [0.25, 0.3) is 0 Å². The summed E-state index contributed by atoms with van der Waals surface area (Å²) >= 11 is 0. The van der Waals surface area contributed by atoms with E-state index >= 15 is 0 Å². The molecule has 1 aromatic carbocycles. The van der Waals surface area contributed by atoms with E-state index in [2.05, 4.69) is 0 Å². The largest absolute Gasteiger partial charge is 0.455 e. The van der Waals surface area contributed by atoms with Gasteiger partial charge in [0.05, 0.1) is 24.2 Å². The summed E-state index contributed by atoms with van der Waals surface area (Å²) in [5.74, 6) is -4.79. The van der Waals surface area contributed by atoms with E-state index in [0.29, 0.717) is 0 Å². The molecule has 1 heterocycles. The van der Waals surface area contributed by atoms with Crippen molar-refractivity contribution >= 4 is 23.9 Å². The van der Waals surface area contributed by atoms with Crippen molar-refractivity contribution in [2.75, 3.05) is 6.61 Å². The smallest absolute Gasteiger partial charge is 0.338 e. The molecule has 46 heavy (non-hydrogen) atoms. The lowest BCUT2D eigenvalue weighted by Gasteiger charge is -2.69. The number of fused-ring (bicyclic) bond motifs is 5. The number of rotatable bonds is 5. The van der Waals surface area contributed by atoms with Crippen LogP contribution in [-0.4, -0.2) is 105 Å². The van der Waals surface area contributed by atoms with Gasteiger partial charge in [0.15, 0.2) is 17.8 Å². The van der Waals surface area contributed by atoms with Crippen molar-refractivity contribution in [2.24, 2.45) is 16.7 Å². The summed E-state index contributed by atoms with van der Waals surface area (Å²) < 4.78 is 29.3. The molecule has 3 aliphatic carbocycles. The van der Waals surface area contributed by atoms with E-state index in [1.54, 1.807) is 18.2 Å². The maximum Gasteiger partial charge on any atom is 0.338 e. The van der Waals surface area contributed by atoms with Gasteiger partial charge < -0.3 is 44.1 Å². The van der Waals surface area contributed by atoms with Crippen LogP contribution in [0.3, 0.4) is 0 Å². The monoisotopic (exact) mass is 646 g/mol. The number of esters is 4. The van der Waals surface area contributed by atoms with E-state index in [4.69, 9.17) is 23.7 Å². The minimum Gasteiger partial charge on any atom is -0.455 e. The normalized spacial score (nSPS) is 40.9. The SMILES string of the molecule is CC(=O)O[C@@H]1C2=C(C)[C@@H](OC(C)=O)[C@H](O)[C@@](O)([C@@H](OC(=O)c3ccccc3)[C@@H]3[C@]4(OC(C)=O)CO[C@@H]4C[C@H](O)[C@@]3(C)[C@H]1O)C2(C)C. The van der Waals surface area contributed by atoms with Crippen molar-refractivity contribution in [1.82, 2.24) is 0 Å². The zero-order chi connectivity index (χ0) is 34.1. The van der Waals surface area contributed by atoms with Gasteiger partial charge in [-0.25, -0.2) is 4.79 Å². The Bertz CT molecular complexity index is 1450. The highest BCUT2D eigenvalue weighted by Crippen LogP contribution is 2.65. The van der Waals surface area contributed by atoms with Crippen molar-refractivity contribution in [2.45, 2.75) is 109 Å². The molecule has 1 saturated heterocycles. The van der Waals surface area contributed by atoms with Crippen LogP contribution in [0.4, 0.5) is 0 Å². The third-order valence-electron chi connectivity index (χ3n) is 10.8. The molecule has 0 unspecified atom stereocenters. The predicted octanol–water partition coefficient (Wildman–Crippen LogP) is 0.986. The van der Waals surface area contributed by atoms with Crippen molar-refractivity contribution < 1.29 is 63.3 Å². The molecule has 13 heteroatoms. The first-order valence-electron chi connectivity index (χ1n) is 15.2. The molecule has 3 fully saturated rings. The lowest BCUT2D eigenvalue weighted by molar-refractivity contribution is -0.370. The van der Waals surface area contributed by atoms with Gasteiger partial charge in [0.2, 0.25) is 0 Å². The summed E-state index contributed by atoms with van der Waals surface area (Å²) in [5.41, 5.74) is -7.48. The molecule has 11 atom stereocenters. The summed E-state index contributed by atoms with van der Waals surface area (Å²) in [6.07, 6.45) is -11.3. The van der Waals surface area contributed by atoms with E-state index < -0.39 is 94.6 Å². The highest BCUT2D eigenvalue weighted by Gasteiger charge is 2.79. The Morgan fingerprint density at radius 1 is 0.848 bits per heavy atom. The zero-order valence-corrected chi connectivity index (χ0v) is 26.9. The van der Waals surface area contributed by atoms with Gasteiger partial charge in [0.1, 0.15) is 30.0 Å². The third-order valence-corrected chi connectivity index (χ3v) is 10.8. The van der Waals surface area contributed by atoms with Crippen molar-refractivity contribution in [3.63, 3.8) is 0 Å². The summed E-state index contributed by atoms with van der Waals surface area (Å²) in [6.45, 7) is 9.13. The summed E-state index contributed by atoms with van der Waals surface area (Å²) in [5, 5.41) is 49.6. The fourth-order valence-electron chi connectivity index (χ4n) is 8.59. The van der Waals surface area contributed by atoms with Crippen molar-refractivity contribution in [3.05, 3.63) is 47.0 Å². The van der Waals surface area contributed by atoms with E-state index in [-0.39, 0.29) is 29.7 Å². The van der Waals surface area contributed by atoms with Crippen LogP contribution in [0.2, 0.25) is 0 Å². The van der Waals surface area contributed by atoms with Crippen LogP contribution >= 0.6 is 0 Å². The number of hydrogen-bond donors (Lipinski definition) is 4. The molecule has 1 aliphatic heterocycles. The molecule has 4 N–H and O–H groups in total. The van der Waals surface area contributed by atoms with E-state index in [1.165, 1.54) is 39.8 Å². The minimum absolute atomic E-state index is 0.0825. The van der Waals surface area contributed by atoms with Crippen LogP contribution in [0.15, 0.2) is 41.5 Å². The fraction of sp³-hybridized carbons (Fsp3) is 0.636. The zero-order valence-electron chi connectivity index (χ0n) is 26.9. The van der Waals surface area contributed by atoms with Gasteiger partial charge in [0, 0.05) is 38.0 Å². The Labute approximate surface area is 266 Å². The number of aliphatic hydroxyl groups excluding tert-OH is 3. The maximum atomic E-state index is 13.9. The lowest BCUT2D eigenvalue weighted by atomic mass is 9.44. The van der Waals surface area contributed by atoms with Crippen LogP contribution in [-0.2, 0) is 38.1 Å². The van der Waals surface area contributed by atoms with Crippen LogP contribution < -0.4 is 0 Å². The molecule has 0 radical (unpaired) electrons. The first-order chi connectivity index (χ1) is 21.3. The van der Waals surface area contributed by atoms with Gasteiger partial charge in [-0.2, -0.15) is 0 Å². The molecule has 2 bridgehead atoms. The Hall–Kier alpha value is -3.36. The van der Waals surface area contributed by atoms with E-state index in [1.807, 2.05) is 0 Å². The first kappa shape index (κ1) is 34.0. The predicted molar refractivity (Wildman–Crippen MR) is 157 cm³/mol. The Morgan fingerprint density at radius 3 is 1.96 bits per heavy atom. The van der Waals surface area contributed by atoms with E-state index in [9.17, 15) is 39.6 Å². The molecule has 4 aliphatic rings. The van der Waals surface area contributed by atoms with Gasteiger partial charge in [-0.3, -0.25) is 14.4 Å². The molecule has 5 rings (SSSR count). The Balaban J connectivity index is 1.89. The highest BCUT2D eigenvalue weighted by atomic mass is 16.6. The first-order valence-corrected chi connectivity index (χ1v) is 15.2. The quantitative estimate of drug-likeness (QED) is 0.201. The van der Waals surface area contributed by atoms with Crippen molar-refractivity contribution in [3.8, 4) is 0 Å². The van der Waals surface area contributed by atoms with Crippen LogP contribution in [0, 0.1) is 16.7 Å². The van der Waals surface area contributed by atoms with Crippen molar-refractivity contribution in [1.29, 1.82) is 0 Å². The molecule has 0 aromatic heterocycles. The number of hydrogen-bond acceptors (Lipinski definition) is 13. The molecule has 0 spiro atoms. The summed E-state index contributed by atoms with van der Waals surface area (Å²) in [6, 6.07) is 7.84. The van der Waals surface area contributed by atoms with Gasteiger partial charge in [-0.1, -0.05) is 39.0 Å². The Morgan fingerprint density at radius 2 is 1.43 bits per heavy atom. The molecular formula is C33H42O13. The fourth-order valence-corrected chi connectivity index (χ4v) is 8.59. The summed E-state index contributed by atoms with van der Waals surface area (Å²) in [7, 11) is 0. The lowest BCUT2D eigenvalue weighted by Crippen LogP contribution is -2.84. The molecule has 1 aromatic rings. The van der Waals surface area contributed by atoms with Gasteiger partial charge in [-0.05, 0) is 30.2 Å². The number of carbonyl (C=O) groups is 4. The molecular weight excluding hydrogens is 604 g/mol. The number of aliphatic hydroxyl groups is 4. The second-order valence-corrected chi connectivity index (χ2v) is 13.6. The molecule has 2 saturated carbocycles. The third kappa shape index (κ3) is 4.69. The number of ether oxygens (including phenoxy) is 5. The van der Waals surface area contributed by atoms with Gasteiger partial charge >= 0.3 is 23.9 Å². The van der Waals surface area contributed by atoms with Crippen LogP contribution in [0.1, 0.15) is 65.2 Å². The number of carbonyl (C=O) groups excluding carboxylic acids is 4. The molecule has 13 nitrogen and oxygen atoms in total.